The van der Waals surface area contributed by atoms with Crippen LogP contribution in [0.3, 0.4) is 0 Å². The zero-order chi connectivity index (χ0) is 15.2. The standard InChI is InChI=1S/C17H19NO3/c1-12-6-4-7-14(10-12)18-17(19)13(2)21-16-9-5-8-15(11-16)20-3/h4-11,13H,1-3H3,(H,18,19)/t13-/m0/s1. The molecule has 0 heterocycles. The van der Waals surface area contributed by atoms with E-state index in [1.165, 1.54) is 0 Å². The quantitative estimate of drug-likeness (QED) is 0.915. The van der Waals surface area contributed by atoms with E-state index in [1.54, 1.807) is 26.2 Å². The number of ether oxygens (including phenoxy) is 2. The van der Waals surface area contributed by atoms with E-state index in [0.717, 1.165) is 11.3 Å². The van der Waals surface area contributed by atoms with Crippen molar-refractivity contribution in [2.45, 2.75) is 20.0 Å². The van der Waals surface area contributed by atoms with Gasteiger partial charge in [-0.2, -0.15) is 0 Å². The smallest absolute Gasteiger partial charge is 0.265 e. The summed E-state index contributed by atoms with van der Waals surface area (Å²) in [6, 6.07) is 14.8. The maximum absolute atomic E-state index is 12.1. The second kappa shape index (κ2) is 6.79. The van der Waals surface area contributed by atoms with Crippen molar-refractivity contribution in [2.75, 3.05) is 12.4 Å². The van der Waals surface area contributed by atoms with Crippen molar-refractivity contribution >= 4 is 11.6 Å². The van der Waals surface area contributed by atoms with E-state index >= 15 is 0 Å². The highest BCUT2D eigenvalue weighted by molar-refractivity contribution is 5.94. The maximum Gasteiger partial charge on any atom is 0.265 e. The Morgan fingerprint density at radius 2 is 1.81 bits per heavy atom. The molecule has 21 heavy (non-hydrogen) atoms. The molecule has 1 atom stereocenters. The molecular weight excluding hydrogens is 266 g/mol. The first-order chi connectivity index (χ1) is 10.1. The molecule has 0 bridgehead atoms. The van der Waals surface area contributed by atoms with E-state index in [9.17, 15) is 4.79 Å². The molecule has 0 fully saturated rings. The number of hydrogen-bond acceptors (Lipinski definition) is 3. The van der Waals surface area contributed by atoms with Crippen LogP contribution >= 0.6 is 0 Å². The largest absolute Gasteiger partial charge is 0.497 e. The van der Waals surface area contributed by atoms with Gasteiger partial charge in [0.2, 0.25) is 0 Å². The lowest BCUT2D eigenvalue weighted by molar-refractivity contribution is -0.122. The molecule has 0 spiro atoms. The van der Waals surface area contributed by atoms with E-state index in [4.69, 9.17) is 9.47 Å². The van der Waals surface area contributed by atoms with Gasteiger partial charge in [-0.05, 0) is 43.7 Å². The molecule has 0 aliphatic heterocycles. The molecule has 2 aromatic carbocycles. The van der Waals surface area contributed by atoms with Gasteiger partial charge in [-0.3, -0.25) is 4.79 Å². The Hall–Kier alpha value is -2.49. The van der Waals surface area contributed by atoms with E-state index in [2.05, 4.69) is 5.32 Å². The summed E-state index contributed by atoms with van der Waals surface area (Å²) in [5.74, 6) is 1.10. The van der Waals surface area contributed by atoms with Crippen LogP contribution < -0.4 is 14.8 Å². The molecule has 0 saturated carbocycles. The average Bonchev–Trinajstić information content (AvgIpc) is 2.47. The predicted octanol–water partition coefficient (Wildman–Crippen LogP) is 3.41. The third-order valence-corrected chi connectivity index (χ3v) is 3.01. The number of methoxy groups -OCH3 is 1. The highest BCUT2D eigenvalue weighted by atomic mass is 16.5. The number of benzene rings is 2. The fourth-order valence-corrected chi connectivity index (χ4v) is 1.90. The van der Waals surface area contributed by atoms with Crippen LogP contribution in [0, 0.1) is 6.92 Å². The Balaban J connectivity index is 1.99. The van der Waals surface area contributed by atoms with Crippen LogP contribution in [0.15, 0.2) is 48.5 Å². The first kappa shape index (κ1) is 14.9. The molecule has 110 valence electrons. The van der Waals surface area contributed by atoms with E-state index in [1.807, 2.05) is 43.3 Å². The van der Waals surface area contributed by atoms with Gasteiger partial charge in [0.25, 0.3) is 5.91 Å². The van der Waals surface area contributed by atoms with E-state index < -0.39 is 6.10 Å². The molecule has 1 amide bonds. The number of carbonyl (C=O) groups is 1. The molecule has 2 aromatic rings. The van der Waals surface area contributed by atoms with Gasteiger partial charge >= 0.3 is 0 Å². The number of hydrogen-bond donors (Lipinski definition) is 1. The molecule has 0 unspecified atom stereocenters. The van der Waals surface area contributed by atoms with Crippen LogP contribution in [0.25, 0.3) is 0 Å². The normalized spacial score (nSPS) is 11.6. The molecule has 0 saturated heterocycles. The van der Waals surface area contributed by atoms with Gasteiger partial charge < -0.3 is 14.8 Å². The zero-order valence-electron chi connectivity index (χ0n) is 12.4. The topological polar surface area (TPSA) is 47.6 Å². The van der Waals surface area contributed by atoms with Crippen LogP contribution in [-0.4, -0.2) is 19.1 Å². The van der Waals surface area contributed by atoms with Crippen molar-refractivity contribution in [3.05, 3.63) is 54.1 Å². The maximum atomic E-state index is 12.1. The third kappa shape index (κ3) is 4.24. The van der Waals surface area contributed by atoms with Crippen molar-refractivity contribution in [2.24, 2.45) is 0 Å². The summed E-state index contributed by atoms with van der Waals surface area (Å²) >= 11 is 0. The Kier molecular flexibility index (Phi) is 4.82. The lowest BCUT2D eigenvalue weighted by Gasteiger charge is -2.15. The summed E-state index contributed by atoms with van der Waals surface area (Å²) in [6.07, 6.45) is -0.599. The monoisotopic (exact) mass is 285 g/mol. The summed E-state index contributed by atoms with van der Waals surface area (Å²) < 4.78 is 10.8. The molecule has 0 aliphatic carbocycles. The Bertz CT molecular complexity index is 625. The van der Waals surface area contributed by atoms with Crippen LogP contribution in [0.4, 0.5) is 5.69 Å². The number of rotatable bonds is 5. The lowest BCUT2D eigenvalue weighted by Crippen LogP contribution is -2.30. The molecule has 1 N–H and O–H groups in total. The number of anilines is 1. The van der Waals surface area contributed by atoms with Crippen molar-refractivity contribution in [3.8, 4) is 11.5 Å². The van der Waals surface area contributed by atoms with Gasteiger partial charge in [0.15, 0.2) is 6.10 Å². The summed E-state index contributed by atoms with van der Waals surface area (Å²) in [7, 11) is 1.59. The summed E-state index contributed by atoms with van der Waals surface area (Å²) in [4.78, 5) is 12.1. The molecular formula is C17H19NO3. The minimum Gasteiger partial charge on any atom is -0.497 e. The van der Waals surface area contributed by atoms with E-state index in [-0.39, 0.29) is 5.91 Å². The SMILES string of the molecule is COc1cccc(O[C@@H](C)C(=O)Nc2cccc(C)c2)c1. The third-order valence-electron chi connectivity index (χ3n) is 3.01. The fourth-order valence-electron chi connectivity index (χ4n) is 1.90. The molecule has 4 nitrogen and oxygen atoms in total. The van der Waals surface area contributed by atoms with Crippen LogP contribution in [0.5, 0.6) is 11.5 Å². The van der Waals surface area contributed by atoms with Gasteiger partial charge in [-0.1, -0.05) is 18.2 Å². The van der Waals surface area contributed by atoms with Gasteiger partial charge in [0.1, 0.15) is 11.5 Å². The second-order valence-electron chi connectivity index (χ2n) is 4.80. The Morgan fingerprint density at radius 3 is 2.52 bits per heavy atom. The molecule has 0 radical (unpaired) electrons. The number of carbonyl (C=O) groups excluding carboxylic acids is 1. The van der Waals surface area contributed by atoms with Crippen LogP contribution in [-0.2, 0) is 4.79 Å². The zero-order valence-corrected chi connectivity index (χ0v) is 12.4. The van der Waals surface area contributed by atoms with Gasteiger partial charge in [0, 0.05) is 11.8 Å². The second-order valence-corrected chi connectivity index (χ2v) is 4.80. The molecule has 2 rings (SSSR count). The Morgan fingerprint density at radius 1 is 1.10 bits per heavy atom. The minimum atomic E-state index is -0.599. The van der Waals surface area contributed by atoms with Gasteiger partial charge in [-0.15, -0.1) is 0 Å². The summed E-state index contributed by atoms with van der Waals surface area (Å²) in [6.45, 7) is 3.69. The number of nitrogens with one attached hydrogen (secondary N) is 1. The van der Waals surface area contributed by atoms with Gasteiger partial charge in [-0.25, -0.2) is 0 Å². The Labute approximate surface area is 124 Å². The average molecular weight is 285 g/mol. The summed E-state index contributed by atoms with van der Waals surface area (Å²) in [5, 5.41) is 2.84. The molecule has 4 heteroatoms. The van der Waals surface area contributed by atoms with Crippen LogP contribution in [0.1, 0.15) is 12.5 Å². The highest BCUT2D eigenvalue weighted by Gasteiger charge is 2.15. The number of aryl methyl sites for hydroxylation is 1. The number of amides is 1. The van der Waals surface area contributed by atoms with Crippen molar-refractivity contribution in [3.63, 3.8) is 0 Å². The van der Waals surface area contributed by atoms with Crippen molar-refractivity contribution in [1.82, 2.24) is 0 Å². The van der Waals surface area contributed by atoms with Gasteiger partial charge in [0.05, 0.1) is 7.11 Å². The summed E-state index contributed by atoms with van der Waals surface area (Å²) in [5.41, 5.74) is 1.86. The lowest BCUT2D eigenvalue weighted by atomic mass is 10.2. The fraction of sp³-hybridized carbons (Fsp3) is 0.235. The molecule has 0 aliphatic rings. The minimum absolute atomic E-state index is 0.191. The van der Waals surface area contributed by atoms with Crippen molar-refractivity contribution < 1.29 is 14.3 Å². The van der Waals surface area contributed by atoms with E-state index in [0.29, 0.717) is 11.5 Å². The first-order valence-electron chi connectivity index (χ1n) is 6.77. The molecule has 0 aromatic heterocycles. The van der Waals surface area contributed by atoms with Crippen LogP contribution in [0.2, 0.25) is 0 Å². The first-order valence-corrected chi connectivity index (χ1v) is 6.77. The highest BCUT2D eigenvalue weighted by Crippen LogP contribution is 2.20. The van der Waals surface area contributed by atoms with Crippen molar-refractivity contribution in [1.29, 1.82) is 0 Å². The predicted molar refractivity (Wildman–Crippen MR) is 82.9 cm³/mol.